The molecule has 0 unspecified atom stereocenters. The molecule has 1 atom stereocenters. The van der Waals surface area contributed by atoms with Crippen LogP contribution < -0.4 is 11.1 Å². The molecular formula is C13H19F3N4. The molecule has 1 aromatic rings. The summed E-state index contributed by atoms with van der Waals surface area (Å²) in [5.41, 5.74) is 6.53. The number of nitrogens with one attached hydrogen (secondary N) is 1. The molecule has 0 bridgehead atoms. The van der Waals surface area contributed by atoms with Crippen LogP contribution in [0.15, 0.2) is 18.3 Å². The van der Waals surface area contributed by atoms with E-state index in [2.05, 4.69) is 15.2 Å². The number of halogens is 3. The van der Waals surface area contributed by atoms with Crippen molar-refractivity contribution in [3.8, 4) is 0 Å². The van der Waals surface area contributed by atoms with Crippen LogP contribution in [-0.2, 0) is 0 Å². The summed E-state index contributed by atoms with van der Waals surface area (Å²) in [7, 11) is 0. The Morgan fingerprint density at radius 2 is 2.05 bits per heavy atom. The van der Waals surface area contributed by atoms with Crippen molar-refractivity contribution < 1.29 is 13.2 Å². The van der Waals surface area contributed by atoms with E-state index in [0.29, 0.717) is 11.4 Å². The van der Waals surface area contributed by atoms with Crippen LogP contribution >= 0.6 is 0 Å². The number of alkyl halides is 3. The Morgan fingerprint density at radius 1 is 1.35 bits per heavy atom. The molecule has 1 aliphatic heterocycles. The Balaban J connectivity index is 2.17. The Bertz CT molecular complexity index is 430. The molecule has 3 N–H and O–H groups in total. The molecule has 0 aromatic carbocycles. The van der Waals surface area contributed by atoms with Gasteiger partial charge in [0.25, 0.3) is 0 Å². The van der Waals surface area contributed by atoms with Crippen molar-refractivity contribution in [2.45, 2.75) is 25.1 Å². The second-order valence-electron chi connectivity index (χ2n) is 4.93. The predicted molar refractivity (Wildman–Crippen MR) is 71.1 cm³/mol. The highest BCUT2D eigenvalue weighted by molar-refractivity contribution is 5.41. The van der Waals surface area contributed by atoms with Gasteiger partial charge in [0.2, 0.25) is 0 Å². The van der Waals surface area contributed by atoms with Gasteiger partial charge in [0, 0.05) is 50.4 Å². The highest BCUT2D eigenvalue weighted by atomic mass is 19.4. The first kappa shape index (κ1) is 15.1. The molecule has 0 saturated carbocycles. The van der Waals surface area contributed by atoms with Gasteiger partial charge in [-0.2, -0.15) is 13.2 Å². The van der Waals surface area contributed by atoms with Crippen LogP contribution in [0.4, 0.5) is 19.0 Å². The summed E-state index contributed by atoms with van der Waals surface area (Å²) in [5.74, 6) is 0.318. The number of hydrogen-bond donors (Lipinski definition) is 2. The molecule has 0 amide bonds. The molecule has 20 heavy (non-hydrogen) atoms. The van der Waals surface area contributed by atoms with Gasteiger partial charge in [0.05, 0.1) is 0 Å². The highest BCUT2D eigenvalue weighted by Crippen LogP contribution is 2.33. The second-order valence-corrected chi connectivity index (χ2v) is 4.93. The topological polar surface area (TPSA) is 54.2 Å². The SMILES string of the molecule is Nc1ncccc1[C@H](CCC(F)(F)F)N1CCNCC1. The van der Waals surface area contributed by atoms with E-state index in [9.17, 15) is 13.2 Å². The minimum atomic E-state index is -4.15. The van der Waals surface area contributed by atoms with E-state index in [0.717, 1.165) is 26.2 Å². The zero-order chi connectivity index (χ0) is 14.6. The molecular weight excluding hydrogens is 269 g/mol. The number of rotatable bonds is 4. The zero-order valence-corrected chi connectivity index (χ0v) is 11.2. The number of pyridine rings is 1. The van der Waals surface area contributed by atoms with Crippen LogP contribution in [-0.4, -0.2) is 42.2 Å². The summed E-state index contributed by atoms with van der Waals surface area (Å²) in [6, 6.07) is 3.16. The van der Waals surface area contributed by atoms with Gasteiger partial charge in [-0.25, -0.2) is 4.98 Å². The van der Waals surface area contributed by atoms with E-state index in [-0.39, 0.29) is 12.5 Å². The van der Waals surface area contributed by atoms with Crippen LogP contribution in [0.25, 0.3) is 0 Å². The lowest BCUT2D eigenvalue weighted by Crippen LogP contribution is -2.45. The number of nitrogens with two attached hydrogens (primary N) is 1. The van der Waals surface area contributed by atoms with E-state index >= 15 is 0 Å². The monoisotopic (exact) mass is 288 g/mol. The van der Waals surface area contributed by atoms with E-state index in [4.69, 9.17) is 5.73 Å². The van der Waals surface area contributed by atoms with Gasteiger partial charge in [-0.15, -0.1) is 0 Å². The maximum atomic E-state index is 12.5. The molecule has 0 aliphatic carbocycles. The van der Waals surface area contributed by atoms with Gasteiger partial charge < -0.3 is 11.1 Å². The van der Waals surface area contributed by atoms with Gasteiger partial charge in [-0.3, -0.25) is 4.90 Å². The second kappa shape index (κ2) is 6.41. The van der Waals surface area contributed by atoms with Crippen LogP contribution in [0.2, 0.25) is 0 Å². The fourth-order valence-corrected chi connectivity index (χ4v) is 2.54. The Hall–Kier alpha value is -1.34. The quantitative estimate of drug-likeness (QED) is 0.889. The summed E-state index contributed by atoms with van der Waals surface area (Å²) in [6.45, 7) is 3.00. The molecule has 112 valence electrons. The van der Waals surface area contributed by atoms with E-state index in [1.165, 1.54) is 0 Å². The molecule has 1 aliphatic rings. The zero-order valence-electron chi connectivity index (χ0n) is 11.2. The molecule has 1 fully saturated rings. The van der Waals surface area contributed by atoms with E-state index in [1.807, 2.05) is 0 Å². The summed E-state index contributed by atoms with van der Waals surface area (Å²) in [4.78, 5) is 6.04. The number of hydrogen-bond acceptors (Lipinski definition) is 4. The number of nitrogen functional groups attached to an aromatic ring is 1. The van der Waals surface area contributed by atoms with Crippen LogP contribution in [0.5, 0.6) is 0 Å². The van der Waals surface area contributed by atoms with Crippen molar-refractivity contribution in [1.29, 1.82) is 0 Å². The summed E-state index contributed by atoms with van der Waals surface area (Å²) >= 11 is 0. The standard InChI is InChI=1S/C13H19F3N4/c14-13(15,16)4-3-11(20-8-6-18-7-9-20)10-2-1-5-19-12(10)17/h1-2,5,11,18H,3-4,6-9H2,(H2,17,19)/t11-/m0/s1. The molecule has 1 aromatic heterocycles. The Labute approximate surface area is 116 Å². The minimum Gasteiger partial charge on any atom is -0.383 e. The third-order valence-corrected chi connectivity index (χ3v) is 3.52. The summed E-state index contributed by atoms with van der Waals surface area (Å²) in [6.07, 6.45) is -3.39. The Morgan fingerprint density at radius 3 is 2.65 bits per heavy atom. The first-order chi connectivity index (χ1) is 9.47. The average Bonchev–Trinajstić information content (AvgIpc) is 2.41. The lowest BCUT2D eigenvalue weighted by atomic mass is 10.00. The average molecular weight is 288 g/mol. The summed E-state index contributed by atoms with van der Waals surface area (Å²) < 4.78 is 37.6. The third-order valence-electron chi connectivity index (χ3n) is 3.52. The summed E-state index contributed by atoms with van der Waals surface area (Å²) in [5, 5.41) is 3.20. The maximum Gasteiger partial charge on any atom is 0.389 e. The number of piperazine rings is 1. The first-order valence-electron chi connectivity index (χ1n) is 6.69. The lowest BCUT2D eigenvalue weighted by molar-refractivity contribution is -0.138. The Kier molecular flexibility index (Phi) is 4.82. The normalized spacial score (nSPS) is 18.9. The minimum absolute atomic E-state index is 0.0133. The van der Waals surface area contributed by atoms with Gasteiger partial charge in [-0.05, 0) is 12.5 Å². The van der Waals surface area contributed by atoms with E-state index < -0.39 is 12.6 Å². The number of anilines is 1. The fourth-order valence-electron chi connectivity index (χ4n) is 2.54. The van der Waals surface area contributed by atoms with Crippen LogP contribution in [0.1, 0.15) is 24.4 Å². The van der Waals surface area contributed by atoms with Crippen molar-refractivity contribution in [2.75, 3.05) is 31.9 Å². The fraction of sp³-hybridized carbons (Fsp3) is 0.615. The van der Waals surface area contributed by atoms with Crippen molar-refractivity contribution in [2.24, 2.45) is 0 Å². The van der Waals surface area contributed by atoms with E-state index in [1.54, 1.807) is 18.3 Å². The molecule has 0 radical (unpaired) electrons. The predicted octanol–water partition coefficient (Wildman–Crippen LogP) is 1.95. The van der Waals surface area contributed by atoms with Gasteiger partial charge in [0.15, 0.2) is 0 Å². The lowest BCUT2D eigenvalue weighted by Gasteiger charge is -2.35. The molecule has 0 spiro atoms. The first-order valence-corrected chi connectivity index (χ1v) is 6.69. The smallest absolute Gasteiger partial charge is 0.383 e. The largest absolute Gasteiger partial charge is 0.389 e. The van der Waals surface area contributed by atoms with Crippen molar-refractivity contribution in [3.63, 3.8) is 0 Å². The van der Waals surface area contributed by atoms with Crippen LogP contribution in [0.3, 0.4) is 0 Å². The van der Waals surface area contributed by atoms with Crippen molar-refractivity contribution in [3.05, 3.63) is 23.9 Å². The third kappa shape index (κ3) is 4.08. The van der Waals surface area contributed by atoms with Crippen LogP contribution in [0, 0.1) is 0 Å². The van der Waals surface area contributed by atoms with Crippen molar-refractivity contribution in [1.82, 2.24) is 15.2 Å². The molecule has 2 heterocycles. The maximum absolute atomic E-state index is 12.5. The number of nitrogens with zero attached hydrogens (tertiary/aromatic N) is 2. The van der Waals surface area contributed by atoms with Gasteiger partial charge in [0.1, 0.15) is 5.82 Å². The van der Waals surface area contributed by atoms with Gasteiger partial charge in [-0.1, -0.05) is 6.07 Å². The molecule has 2 rings (SSSR count). The molecule has 1 saturated heterocycles. The molecule has 4 nitrogen and oxygen atoms in total. The van der Waals surface area contributed by atoms with Crippen molar-refractivity contribution >= 4 is 5.82 Å². The molecule has 7 heteroatoms. The highest BCUT2D eigenvalue weighted by Gasteiger charge is 2.32. The van der Waals surface area contributed by atoms with Gasteiger partial charge >= 0.3 is 6.18 Å². The number of aromatic nitrogens is 1.